The maximum Gasteiger partial charge on any atom is 0.234 e. The molecule has 2 atom stereocenters. The van der Waals surface area contributed by atoms with Crippen LogP contribution in [0.15, 0.2) is 66.7 Å². The molecule has 32 heavy (non-hydrogen) atoms. The Hall–Kier alpha value is -2.50. The molecule has 0 saturated carbocycles. The number of fused-ring (bicyclic) bond motifs is 3. The molecule has 4 aromatic rings. The van der Waals surface area contributed by atoms with Crippen LogP contribution in [0.1, 0.15) is 22.4 Å². The second kappa shape index (κ2) is 8.13. The SMILES string of the molecule is NC(=O)[C@H]1Cc2c([nH]c3ccccc23)[C@](Cc2ccc(Cl)cc2)(c2ccc(Cl)cc2Cl)N1. The molecule has 0 spiro atoms. The van der Waals surface area contributed by atoms with Crippen molar-refractivity contribution in [3.8, 4) is 0 Å². The number of benzene rings is 3. The van der Waals surface area contributed by atoms with Gasteiger partial charge in [0.15, 0.2) is 0 Å². The number of para-hydroxylation sites is 1. The Balaban J connectivity index is 1.81. The number of nitrogens with one attached hydrogen (secondary N) is 2. The number of primary amides is 1. The molecule has 0 radical (unpaired) electrons. The molecule has 1 aliphatic rings. The number of H-pyrrole nitrogens is 1. The Morgan fingerprint density at radius 1 is 1.00 bits per heavy atom. The fraction of sp³-hybridized carbons (Fsp3) is 0.160. The topological polar surface area (TPSA) is 70.9 Å². The van der Waals surface area contributed by atoms with Gasteiger partial charge in [-0.2, -0.15) is 0 Å². The standard InChI is InChI=1S/C25H20Cl3N3O/c26-15-7-5-14(6-8-15)13-25(19-10-9-16(27)11-20(19)28)23-18(12-22(31-25)24(29)32)17-3-1-2-4-21(17)30-23/h1-11,22,30-31H,12-13H2,(H2,29,32)/t22-,25+/m1/s1. The minimum absolute atomic E-state index is 0.411. The molecule has 1 aliphatic heterocycles. The van der Waals surface area contributed by atoms with Crippen LogP contribution in [0.3, 0.4) is 0 Å². The molecule has 4 nitrogen and oxygen atoms in total. The Kier molecular flexibility index (Phi) is 5.42. The predicted octanol–water partition coefficient (Wildman–Crippen LogP) is 5.61. The molecule has 1 aromatic heterocycles. The van der Waals surface area contributed by atoms with E-state index in [9.17, 15) is 4.79 Å². The predicted molar refractivity (Wildman–Crippen MR) is 131 cm³/mol. The largest absolute Gasteiger partial charge is 0.368 e. The lowest BCUT2D eigenvalue weighted by atomic mass is 9.75. The molecule has 0 bridgehead atoms. The van der Waals surface area contributed by atoms with Gasteiger partial charge in [-0.15, -0.1) is 0 Å². The summed E-state index contributed by atoms with van der Waals surface area (Å²) >= 11 is 19.1. The van der Waals surface area contributed by atoms with Crippen molar-refractivity contribution >= 4 is 51.6 Å². The lowest BCUT2D eigenvalue weighted by molar-refractivity contribution is -0.120. The van der Waals surface area contributed by atoms with Gasteiger partial charge in [-0.3, -0.25) is 10.1 Å². The van der Waals surface area contributed by atoms with Crippen molar-refractivity contribution in [2.24, 2.45) is 5.73 Å². The van der Waals surface area contributed by atoms with Crippen molar-refractivity contribution in [1.29, 1.82) is 0 Å². The van der Waals surface area contributed by atoms with Crippen LogP contribution < -0.4 is 11.1 Å². The highest BCUT2D eigenvalue weighted by molar-refractivity contribution is 6.35. The Bertz CT molecular complexity index is 1330. The summed E-state index contributed by atoms with van der Waals surface area (Å²) in [4.78, 5) is 16.1. The van der Waals surface area contributed by atoms with Crippen molar-refractivity contribution in [2.75, 3.05) is 0 Å². The molecular formula is C25H20Cl3N3O. The van der Waals surface area contributed by atoms with Crippen LogP contribution in [0.25, 0.3) is 10.9 Å². The minimum atomic E-state index is -0.832. The first-order valence-corrected chi connectivity index (χ1v) is 11.4. The number of aromatic amines is 1. The molecule has 0 aliphatic carbocycles. The summed E-state index contributed by atoms with van der Waals surface area (Å²) in [5.74, 6) is -0.411. The summed E-state index contributed by atoms with van der Waals surface area (Å²) in [7, 11) is 0. The van der Waals surface area contributed by atoms with Crippen LogP contribution in [0, 0.1) is 0 Å². The number of amides is 1. The number of carbonyl (C=O) groups is 1. The fourth-order valence-electron chi connectivity index (χ4n) is 4.76. The Morgan fingerprint density at radius 2 is 1.72 bits per heavy atom. The van der Waals surface area contributed by atoms with E-state index in [2.05, 4.69) is 16.4 Å². The zero-order valence-electron chi connectivity index (χ0n) is 17.0. The monoisotopic (exact) mass is 483 g/mol. The van der Waals surface area contributed by atoms with Gasteiger partial charge in [-0.05, 0) is 53.4 Å². The first kappa shape index (κ1) is 21.4. The number of carbonyl (C=O) groups excluding carboxylic acids is 1. The van der Waals surface area contributed by atoms with E-state index in [1.165, 1.54) is 0 Å². The van der Waals surface area contributed by atoms with E-state index in [0.717, 1.165) is 33.3 Å². The van der Waals surface area contributed by atoms with Crippen molar-refractivity contribution in [1.82, 2.24) is 10.3 Å². The number of nitrogens with two attached hydrogens (primary N) is 1. The molecular weight excluding hydrogens is 465 g/mol. The molecule has 1 amide bonds. The lowest BCUT2D eigenvalue weighted by Crippen LogP contribution is -2.59. The highest BCUT2D eigenvalue weighted by atomic mass is 35.5. The highest BCUT2D eigenvalue weighted by Gasteiger charge is 2.46. The molecule has 162 valence electrons. The Morgan fingerprint density at radius 3 is 2.44 bits per heavy atom. The third-order valence-electron chi connectivity index (χ3n) is 6.19. The molecule has 0 fully saturated rings. The zero-order chi connectivity index (χ0) is 22.5. The maximum atomic E-state index is 12.5. The number of rotatable bonds is 4. The molecule has 7 heteroatoms. The average molecular weight is 485 g/mol. The summed E-state index contributed by atoms with van der Waals surface area (Å²) in [6, 6.07) is 20.6. The third kappa shape index (κ3) is 3.57. The second-order valence-corrected chi connectivity index (χ2v) is 9.44. The van der Waals surface area contributed by atoms with Crippen molar-refractivity contribution < 1.29 is 4.79 Å². The van der Waals surface area contributed by atoms with Gasteiger partial charge < -0.3 is 10.7 Å². The Labute approximate surface area is 200 Å². The fourth-order valence-corrected chi connectivity index (χ4v) is 5.46. The summed E-state index contributed by atoms with van der Waals surface area (Å²) in [5.41, 5.74) is 9.87. The van der Waals surface area contributed by atoms with Gasteiger partial charge in [0, 0.05) is 38.1 Å². The highest BCUT2D eigenvalue weighted by Crippen LogP contribution is 2.44. The van der Waals surface area contributed by atoms with Crippen molar-refractivity contribution in [3.63, 3.8) is 0 Å². The van der Waals surface area contributed by atoms with Gasteiger partial charge in [0.2, 0.25) is 5.91 Å². The van der Waals surface area contributed by atoms with E-state index in [1.54, 1.807) is 6.07 Å². The maximum absolute atomic E-state index is 12.5. The van der Waals surface area contributed by atoms with Gasteiger partial charge in [0.1, 0.15) is 0 Å². The van der Waals surface area contributed by atoms with Gasteiger partial charge in [-0.1, -0.05) is 71.2 Å². The first-order chi connectivity index (χ1) is 15.4. The van der Waals surface area contributed by atoms with Gasteiger partial charge in [0.25, 0.3) is 0 Å². The van der Waals surface area contributed by atoms with Crippen LogP contribution in [-0.4, -0.2) is 16.9 Å². The molecule has 4 N–H and O–H groups in total. The number of aromatic nitrogens is 1. The van der Waals surface area contributed by atoms with Crippen LogP contribution in [-0.2, 0) is 23.2 Å². The summed E-state index contributed by atoms with van der Waals surface area (Å²) in [6.45, 7) is 0. The van der Waals surface area contributed by atoms with Crippen LogP contribution in [0.2, 0.25) is 15.1 Å². The third-order valence-corrected chi connectivity index (χ3v) is 6.99. The molecule has 3 aromatic carbocycles. The molecule has 5 rings (SSSR count). The van der Waals surface area contributed by atoms with Crippen molar-refractivity contribution in [2.45, 2.75) is 24.4 Å². The normalized spacial score (nSPS) is 20.3. The summed E-state index contributed by atoms with van der Waals surface area (Å²) in [5, 5.41) is 6.33. The van der Waals surface area contributed by atoms with Crippen LogP contribution in [0.5, 0.6) is 0 Å². The van der Waals surface area contributed by atoms with Crippen LogP contribution >= 0.6 is 34.8 Å². The van der Waals surface area contributed by atoms with E-state index in [-0.39, 0.29) is 0 Å². The van der Waals surface area contributed by atoms with E-state index in [4.69, 9.17) is 40.5 Å². The minimum Gasteiger partial charge on any atom is -0.368 e. The van der Waals surface area contributed by atoms with Gasteiger partial charge in [-0.25, -0.2) is 0 Å². The smallest absolute Gasteiger partial charge is 0.234 e. The van der Waals surface area contributed by atoms with E-state index >= 15 is 0 Å². The van der Waals surface area contributed by atoms with Gasteiger partial charge in [0.05, 0.1) is 11.6 Å². The molecule has 2 heterocycles. The average Bonchev–Trinajstić information content (AvgIpc) is 3.15. The molecule has 0 saturated heterocycles. The zero-order valence-corrected chi connectivity index (χ0v) is 19.2. The van der Waals surface area contributed by atoms with Crippen molar-refractivity contribution in [3.05, 3.63) is 104 Å². The summed E-state index contributed by atoms with van der Waals surface area (Å²) < 4.78 is 0. The van der Waals surface area contributed by atoms with E-state index < -0.39 is 17.5 Å². The van der Waals surface area contributed by atoms with E-state index in [1.807, 2.05) is 54.6 Å². The second-order valence-electron chi connectivity index (χ2n) is 8.16. The lowest BCUT2D eigenvalue weighted by Gasteiger charge is -2.42. The number of halogens is 3. The number of hydrogen-bond donors (Lipinski definition) is 3. The number of hydrogen-bond acceptors (Lipinski definition) is 2. The molecule has 0 unspecified atom stereocenters. The van der Waals surface area contributed by atoms with Gasteiger partial charge >= 0.3 is 0 Å². The quantitative estimate of drug-likeness (QED) is 0.352. The first-order valence-electron chi connectivity index (χ1n) is 10.2. The van der Waals surface area contributed by atoms with E-state index in [0.29, 0.717) is 27.9 Å². The summed E-state index contributed by atoms with van der Waals surface area (Å²) in [6.07, 6.45) is 1.01. The van der Waals surface area contributed by atoms with Crippen LogP contribution in [0.4, 0.5) is 0 Å².